The van der Waals surface area contributed by atoms with Crippen molar-refractivity contribution in [1.82, 2.24) is 15.2 Å². The molecule has 0 spiro atoms. The number of aromatic nitrogens is 1. The van der Waals surface area contributed by atoms with E-state index in [4.69, 9.17) is 4.74 Å². The number of piperidine rings is 1. The van der Waals surface area contributed by atoms with Crippen molar-refractivity contribution in [3.8, 4) is 5.75 Å². The van der Waals surface area contributed by atoms with Gasteiger partial charge in [0.25, 0.3) is 0 Å². The summed E-state index contributed by atoms with van der Waals surface area (Å²) in [4.78, 5) is 19.0. The number of para-hydroxylation sites is 1. The summed E-state index contributed by atoms with van der Waals surface area (Å²) in [6.07, 6.45) is -0.353. The van der Waals surface area contributed by atoms with Gasteiger partial charge in [0.1, 0.15) is 11.8 Å². The minimum atomic E-state index is -4.74. The quantitative estimate of drug-likeness (QED) is 0.475. The fourth-order valence-corrected chi connectivity index (χ4v) is 6.08. The summed E-state index contributed by atoms with van der Waals surface area (Å²) >= 11 is 0. The van der Waals surface area contributed by atoms with Crippen molar-refractivity contribution in [2.45, 2.75) is 68.7 Å². The lowest BCUT2D eigenvalue weighted by Gasteiger charge is -2.50. The van der Waals surface area contributed by atoms with Gasteiger partial charge in [0, 0.05) is 41.1 Å². The van der Waals surface area contributed by atoms with Crippen molar-refractivity contribution < 1.29 is 27.4 Å². The normalized spacial score (nSPS) is 26.3. The van der Waals surface area contributed by atoms with Gasteiger partial charge in [0.15, 0.2) is 0 Å². The smallest absolute Gasteiger partial charge is 0.468 e. The summed E-state index contributed by atoms with van der Waals surface area (Å²) in [5.41, 5.74) is 4.14. The van der Waals surface area contributed by atoms with E-state index in [2.05, 4.69) is 26.0 Å². The molecular weight excluding hydrogens is 471 g/mol. The molecule has 6 nitrogen and oxygen atoms in total. The second-order valence-electron chi connectivity index (χ2n) is 10.0. The van der Waals surface area contributed by atoms with Crippen LogP contribution in [0.15, 0.2) is 48.5 Å². The van der Waals surface area contributed by atoms with E-state index < -0.39 is 12.4 Å². The highest BCUT2D eigenvalue weighted by atomic mass is 19.4. The third-order valence-electron chi connectivity index (χ3n) is 7.69. The molecule has 0 radical (unpaired) electrons. The number of nitrogens with zero attached hydrogens (tertiary/aromatic N) is 1. The van der Waals surface area contributed by atoms with Crippen LogP contribution in [0.4, 0.5) is 13.2 Å². The van der Waals surface area contributed by atoms with Gasteiger partial charge < -0.3 is 19.8 Å². The highest BCUT2D eigenvalue weighted by molar-refractivity contribution is 5.87. The van der Waals surface area contributed by atoms with Gasteiger partial charge in [-0.3, -0.25) is 9.69 Å². The summed E-state index contributed by atoms with van der Waals surface area (Å²) in [5, 5.41) is 4.87. The van der Waals surface area contributed by atoms with E-state index >= 15 is 0 Å². The Morgan fingerprint density at radius 3 is 2.44 bits per heavy atom. The number of benzene rings is 2. The number of ether oxygens (including phenoxy) is 2. The lowest BCUT2D eigenvalue weighted by Crippen LogP contribution is -2.55. The lowest BCUT2D eigenvalue weighted by atomic mass is 9.79. The van der Waals surface area contributed by atoms with E-state index in [-0.39, 0.29) is 29.8 Å². The fourth-order valence-electron chi connectivity index (χ4n) is 6.08. The molecule has 2 aromatic carbocycles. The molecule has 190 valence electrons. The average molecular weight is 500 g/mol. The van der Waals surface area contributed by atoms with Crippen LogP contribution >= 0.6 is 0 Å². The number of esters is 1. The number of rotatable bonds is 5. The van der Waals surface area contributed by atoms with Crippen LogP contribution in [0, 0.1) is 0 Å². The van der Waals surface area contributed by atoms with Gasteiger partial charge in [-0.25, -0.2) is 0 Å². The monoisotopic (exact) mass is 499 g/mol. The van der Waals surface area contributed by atoms with Crippen LogP contribution in [0.1, 0.15) is 54.6 Å². The average Bonchev–Trinajstić information content (AvgIpc) is 3.59. The number of H-pyrrole nitrogens is 1. The van der Waals surface area contributed by atoms with Gasteiger partial charge in [-0.05, 0) is 55.0 Å². The van der Waals surface area contributed by atoms with Crippen molar-refractivity contribution in [2.24, 2.45) is 0 Å². The molecule has 4 atom stereocenters. The predicted octanol–water partition coefficient (Wildman–Crippen LogP) is 5.16. The fraction of sp³-hybridized carbons (Fsp3) is 0.444. The first kappa shape index (κ1) is 23.4. The molecule has 3 aromatic rings. The van der Waals surface area contributed by atoms with E-state index in [9.17, 15) is 18.0 Å². The molecule has 6 rings (SSSR count). The van der Waals surface area contributed by atoms with E-state index in [0.29, 0.717) is 12.5 Å². The highest BCUT2D eigenvalue weighted by Gasteiger charge is 2.48. The number of hydrogen-bond donors (Lipinski definition) is 2. The van der Waals surface area contributed by atoms with Crippen LogP contribution in [0.2, 0.25) is 0 Å². The first-order valence-corrected chi connectivity index (χ1v) is 12.4. The Morgan fingerprint density at radius 1 is 1.03 bits per heavy atom. The molecule has 1 aliphatic carbocycles. The van der Waals surface area contributed by atoms with Crippen molar-refractivity contribution in [2.75, 3.05) is 7.11 Å². The number of carbonyl (C=O) groups excluding carboxylic acids is 1. The molecule has 1 aromatic heterocycles. The van der Waals surface area contributed by atoms with Crippen molar-refractivity contribution in [1.29, 1.82) is 0 Å². The van der Waals surface area contributed by atoms with Crippen LogP contribution in [-0.4, -0.2) is 47.5 Å². The zero-order valence-corrected chi connectivity index (χ0v) is 19.8. The van der Waals surface area contributed by atoms with Gasteiger partial charge >= 0.3 is 12.3 Å². The Labute approximate surface area is 206 Å². The Kier molecular flexibility index (Phi) is 5.72. The van der Waals surface area contributed by atoms with E-state index in [0.717, 1.165) is 53.4 Å². The summed E-state index contributed by atoms with van der Waals surface area (Å²) in [6.45, 7) is 0. The number of aromatic amines is 1. The number of hydrogen-bond acceptors (Lipinski definition) is 5. The van der Waals surface area contributed by atoms with Crippen LogP contribution in [0.25, 0.3) is 10.9 Å². The van der Waals surface area contributed by atoms with Crippen molar-refractivity contribution in [3.63, 3.8) is 0 Å². The van der Waals surface area contributed by atoms with Gasteiger partial charge in [-0.2, -0.15) is 0 Å². The second kappa shape index (κ2) is 8.81. The molecule has 0 bridgehead atoms. The SMILES string of the molecule is COC(=O)C1Cc2c([nH]c3ccccc23)C2CC(NC3CC3)CC(c3ccc(OC(F)(F)F)cc3)N12. The third kappa shape index (κ3) is 4.35. The predicted molar refractivity (Wildman–Crippen MR) is 127 cm³/mol. The Morgan fingerprint density at radius 2 is 1.75 bits per heavy atom. The Bertz CT molecular complexity index is 1270. The molecule has 2 aliphatic heterocycles. The van der Waals surface area contributed by atoms with Crippen LogP contribution in [0.3, 0.4) is 0 Å². The summed E-state index contributed by atoms with van der Waals surface area (Å²) in [6, 6.07) is 14.2. The maximum Gasteiger partial charge on any atom is 0.573 e. The van der Waals surface area contributed by atoms with Crippen molar-refractivity contribution in [3.05, 3.63) is 65.4 Å². The number of methoxy groups -OCH3 is 1. The zero-order valence-electron chi connectivity index (χ0n) is 19.8. The van der Waals surface area contributed by atoms with Gasteiger partial charge in [-0.15, -0.1) is 13.2 Å². The Balaban J connectivity index is 1.42. The van der Waals surface area contributed by atoms with E-state index in [1.54, 1.807) is 12.1 Å². The maximum absolute atomic E-state index is 13.1. The zero-order chi connectivity index (χ0) is 25.0. The molecular formula is C27H28F3N3O3. The molecule has 3 aliphatic rings. The molecule has 36 heavy (non-hydrogen) atoms. The lowest BCUT2D eigenvalue weighted by molar-refractivity contribution is -0.274. The van der Waals surface area contributed by atoms with E-state index in [1.165, 1.54) is 19.2 Å². The first-order chi connectivity index (χ1) is 17.3. The molecule has 0 amide bonds. The maximum atomic E-state index is 13.1. The summed E-state index contributed by atoms with van der Waals surface area (Å²) in [5.74, 6) is -0.557. The number of alkyl halides is 3. The van der Waals surface area contributed by atoms with Gasteiger partial charge in [0.2, 0.25) is 0 Å². The standard InChI is InChI=1S/C27H28F3N3O3/c1-35-26(34)24-14-20-19-4-2-3-5-21(19)32-25(20)23-13-17(31-16-8-9-16)12-22(33(23)24)15-6-10-18(11-7-15)36-27(28,29)30/h2-7,10-11,16-17,22-24,31-32H,8-9,12-14H2,1H3. The topological polar surface area (TPSA) is 66.6 Å². The minimum Gasteiger partial charge on any atom is -0.468 e. The van der Waals surface area contributed by atoms with Crippen molar-refractivity contribution >= 4 is 16.9 Å². The highest BCUT2D eigenvalue weighted by Crippen LogP contribution is 2.49. The number of carbonyl (C=O) groups is 1. The van der Waals surface area contributed by atoms with E-state index in [1.807, 2.05) is 18.2 Å². The largest absolute Gasteiger partial charge is 0.573 e. The van der Waals surface area contributed by atoms with Gasteiger partial charge in [0.05, 0.1) is 13.2 Å². The molecule has 4 unspecified atom stereocenters. The summed E-state index contributed by atoms with van der Waals surface area (Å²) in [7, 11) is 1.40. The number of halogens is 3. The molecule has 1 saturated heterocycles. The first-order valence-electron chi connectivity index (χ1n) is 12.4. The molecule has 3 heterocycles. The van der Waals surface area contributed by atoms with Crippen LogP contribution in [0.5, 0.6) is 5.75 Å². The van der Waals surface area contributed by atoms with Crippen LogP contribution in [-0.2, 0) is 16.0 Å². The Hall–Kier alpha value is -3.04. The van der Waals surface area contributed by atoms with Gasteiger partial charge in [-0.1, -0.05) is 30.3 Å². The minimum absolute atomic E-state index is 0.0636. The number of fused-ring (bicyclic) bond motifs is 5. The molecule has 2 N–H and O–H groups in total. The van der Waals surface area contributed by atoms with Crippen LogP contribution < -0.4 is 10.1 Å². The summed E-state index contributed by atoms with van der Waals surface area (Å²) < 4.78 is 47.5. The molecule has 9 heteroatoms. The third-order valence-corrected chi connectivity index (χ3v) is 7.69. The molecule has 1 saturated carbocycles. The number of nitrogens with one attached hydrogen (secondary N) is 2. The second-order valence-corrected chi connectivity index (χ2v) is 10.0. The molecule has 2 fully saturated rings.